The highest BCUT2D eigenvalue weighted by molar-refractivity contribution is 5.98. The summed E-state index contributed by atoms with van der Waals surface area (Å²) in [6.45, 7) is 5.83. The fourth-order valence-corrected chi connectivity index (χ4v) is 3.19. The summed E-state index contributed by atoms with van der Waals surface area (Å²) in [7, 11) is 0. The van der Waals surface area contributed by atoms with Gasteiger partial charge in [-0.1, -0.05) is 12.1 Å². The molecule has 0 unspecified atom stereocenters. The number of benzene rings is 1. The van der Waals surface area contributed by atoms with Gasteiger partial charge in [0.1, 0.15) is 5.56 Å². The largest absolute Gasteiger partial charge is 0.382 e. The van der Waals surface area contributed by atoms with Crippen molar-refractivity contribution >= 4 is 16.8 Å². The SMILES string of the molecule is CCOCCCNC(=O)c1cn2c3c(cccc3c1=O)C[C@@H]2C. The van der Waals surface area contributed by atoms with Crippen LogP contribution in [0.2, 0.25) is 0 Å². The van der Waals surface area contributed by atoms with Gasteiger partial charge in [-0.2, -0.15) is 0 Å². The fraction of sp³-hybridized carbons (Fsp3) is 0.444. The van der Waals surface area contributed by atoms with Crippen molar-refractivity contribution in [1.29, 1.82) is 0 Å². The monoisotopic (exact) mass is 314 g/mol. The lowest BCUT2D eigenvalue weighted by Gasteiger charge is -2.12. The number of rotatable bonds is 6. The Kier molecular flexibility index (Phi) is 4.48. The normalized spacial score (nSPS) is 16.0. The van der Waals surface area contributed by atoms with Crippen LogP contribution in [-0.4, -0.2) is 30.2 Å². The van der Waals surface area contributed by atoms with Crippen molar-refractivity contribution in [3.63, 3.8) is 0 Å². The third kappa shape index (κ3) is 2.88. The van der Waals surface area contributed by atoms with Crippen LogP contribution < -0.4 is 10.7 Å². The molecule has 5 nitrogen and oxygen atoms in total. The molecule has 2 heterocycles. The van der Waals surface area contributed by atoms with Crippen molar-refractivity contribution in [3.05, 3.63) is 45.7 Å². The number of aromatic nitrogens is 1. The maximum absolute atomic E-state index is 12.6. The highest BCUT2D eigenvalue weighted by Crippen LogP contribution is 2.30. The van der Waals surface area contributed by atoms with Gasteiger partial charge in [0.05, 0.1) is 5.52 Å². The van der Waals surface area contributed by atoms with E-state index in [9.17, 15) is 9.59 Å². The molecule has 0 bridgehead atoms. The Bertz CT molecular complexity index is 795. The number of hydrogen-bond donors (Lipinski definition) is 1. The van der Waals surface area contributed by atoms with Gasteiger partial charge in [0.25, 0.3) is 5.91 Å². The van der Waals surface area contributed by atoms with E-state index >= 15 is 0 Å². The molecule has 0 spiro atoms. The Hall–Kier alpha value is -2.14. The van der Waals surface area contributed by atoms with E-state index in [1.807, 2.05) is 19.1 Å². The number of pyridine rings is 1. The van der Waals surface area contributed by atoms with Crippen LogP contribution in [0.3, 0.4) is 0 Å². The number of hydrogen-bond acceptors (Lipinski definition) is 3. The molecule has 122 valence electrons. The van der Waals surface area contributed by atoms with Gasteiger partial charge in [-0.3, -0.25) is 9.59 Å². The predicted octanol–water partition coefficient (Wildman–Crippen LogP) is 2.28. The van der Waals surface area contributed by atoms with Gasteiger partial charge in [-0.25, -0.2) is 0 Å². The molecule has 3 rings (SSSR count). The van der Waals surface area contributed by atoms with Crippen molar-refractivity contribution in [2.24, 2.45) is 0 Å². The van der Waals surface area contributed by atoms with E-state index in [1.54, 1.807) is 6.20 Å². The summed E-state index contributed by atoms with van der Waals surface area (Å²) in [5, 5.41) is 3.45. The zero-order valence-corrected chi connectivity index (χ0v) is 13.6. The van der Waals surface area contributed by atoms with Crippen molar-refractivity contribution in [2.45, 2.75) is 32.7 Å². The number of carbonyl (C=O) groups is 1. The van der Waals surface area contributed by atoms with E-state index < -0.39 is 0 Å². The zero-order chi connectivity index (χ0) is 16.4. The van der Waals surface area contributed by atoms with Crippen LogP contribution >= 0.6 is 0 Å². The molecular formula is C18H22N2O3. The summed E-state index contributed by atoms with van der Waals surface area (Å²) in [6, 6.07) is 6.02. The second-order valence-corrected chi connectivity index (χ2v) is 5.95. The topological polar surface area (TPSA) is 60.3 Å². The standard InChI is InChI=1S/C18H22N2O3/c1-3-23-9-5-8-19-18(22)15-11-20-12(2)10-13-6-4-7-14(16(13)20)17(15)21/h4,6-7,11-12H,3,5,8-10H2,1-2H3,(H,19,22)/t12-/m0/s1. The number of para-hydroxylation sites is 1. The molecular weight excluding hydrogens is 292 g/mol. The van der Waals surface area contributed by atoms with Crippen LogP contribution in [0.4, 0.5) is 0 Å². The molecule has 1 atom stereocenters. The maximum atomic E-state index is 12.6. The Morgan fingerprint density at radius 3 is 3.04 bits per heavy atom. The smallest absolute Gasteiger partial charge is 0.256 e. The molecule has 0 aliphatic carbocycles. The minimum absolute atomic E-state index is 0.186. The summed E-state index contributed by atoms with van der Waals surface area (Å²) in [4.78, 5) is 25.0. The summed E-state index contributed by atoms with van der Waals surface area (Å²) < 4.78 is 7.30. The quantitative estimate of drug-likeness (QED) is 0.832. The van der Waals surface area contributed by atoms with Crippen molar-refractivity contribution < 1.29 is 9.53 Å². The fourth-order valence-electron chi connectivity index (χ4n) is 3.19. The van der Waals surface area contributed by atoms with Crippen LogP contribution in [0.1, 0.15) is 42.2 Å². The summed E-state index contributed by atoms with van der Waals surface area (Å²) in [6.07, 6.45) is 3.35. The Morgan fingerprint density at radius 1 is 1.43 bits per heavy atom. The molecule has 2 aromatic rings. The van der Waals surface area contributed by atoms with Gasteiger partial charge in [-0.15, -0.1) is 0 Å². The number of amides is 1. The second kappa shape index (κ2) is 6.54. The second-order valence-electron chi connectivity index (χ2n) is 5.95. The van der Waals surface area contributed by atoms with Crippen LogP contribution in [0, 0.1) is 0 Å². The minimum Gasteiger partial charge on any atom is -0.382 e. The molecule has 23 heavy (non-hydrogen) atoms. The maximum Gasteiger partial charge on any atom is 0.256 e. The molecule has 1 aromatic carbocycles. The number of nitrogens with zero attached hydrogens (tertiary/aromatic N) is 1. The van der Waals surface area contributed by atoms with E-state index in [4.69, 9.17) is 4.74 Å². The van der Waals surface area contributed by atoms with Crippen LogP contribution in [0.5, 0.6) is 0 Å². The average molecular weight is 314 g/mol. The van der Waals surface area contributed by atoms with E-state index in [2.05, 4.69) is 22.9 Å². The third-order valence-corrected chi connectivity index (χ3v) is 4.33. The van der Waals surface area contributed by atoms with Crippen LogP contribution in [0.15, 0.2) is 29.2 Å². The van der Waals surface area contributed by atoms with Crippen LogP contribution in [-0.2, 0) is 11.2 Å². The molecule has 0 radical (unpaired) electrons. The van der Waals surface area contributed by atoms with Gasteiger partial charge in [0, 0.05) is 37.4 Å². The van der Waals surface area contributed by atoms with Crippen LogP contribution in [0.25, 0.3) is 10.9 Å². The molecule has 1 amide bonds. The molecule has 1 N–H and O–H groups in total. The lowest BCUT2D eigenvalue weighted by atomic mass is 10.1. The molecule has 1 aliphatic heterocycles. The molecule has 0 saturated carbocycles. The van der Waals surface area contributed by atoms with E-state index in [1.165, 1.54) is 5.56 Å². The lowest BCUT2D eigenvalue weighted by molar-refractivity contribution is 0.0942. The van der Waals surface area contributed by atoms with Gasteiger partial charge in [0.2, 0.25) is 5.43 Å². The minimum atomic E-state index is -0.304. The molecule has 0 fully saturated rings. The first kappa shape index (κ1) is 15.7. The number of nitrogens with one attached hydrogen (secondary N) is 1. The average Bonchev–Trinajstić information content (AvgIpc) is 2.87. The molecule has 5 heteroatoms. The van der Waals surface area contributed by atoms with Gasteiger partial charge in [0.15, 0.2) is 0 Å². The molecule has 1 aromatic heterocycles. The number of carbonyl (C=O) groups excluding carboxylic acids is 1. The number of ether oxygens (including phenoxy) is 1. The first-order valence-electron chi connectivity index (χ1n) is 8.16. The Morgan fingerprint density at radius 2 is 2.26 bits per heavy atom. The van der Waals surface area contributed by atoms with Crippen molar-refractivity contribution in [2.75, 3.05) is 19.8 Å². The Labute approximate surface area is 135 Å². The van der Waals surface area contributed by atoms with Crippen molar-refractivity contribution in [3.8, 4) is 0 Å². The van der Waals surface area contributed by atoms with Gasteiger partial charge >= 0.3 is 0 Å². The predicted molar refractivity (Wildman–Crippen MR) is 90.1 cm³/mol. The van der Waals surface area contributed by atoms with Crippen molar-refractivity contribution in [1.82, 2.24) is 9.88 Å². The Balaban J connectivity index is 1.87. The van der Waals surface area contributed by atoms with Gasteiger partial charge in [-0.05, 0) is 38.3 Å². The highest BCUT2D eigenvalue weighted by Gasteiger charge is 2.24. The summed E-state index contributed by atoms with van der Waals surface area (Å²) >= 11 is 0. The van der Waals surface area contributed by atoms with E-state index in [-0.39, 0.29) is 22.9 Å². The first-order valence-corrected chi connectivity index (χ1v) is 8.16. The first-order chi connectivity index (χ1) is 11.1. The summed E-state index contributed by atoms with van der Waals surface area (Å²) in [5.74, 6) is -0.304. The molecule has 1 aliphatic rings. The third-order valence-electron chi connectivity index (χ3n) is 4.33. The zero-order valence-electron chi connectivity index (χ0n) is 13.6. The van der Waals surface area contributed by atoms with E-state index in [0.717, 1.165) is 18.4 Å². The summed E-state index contributed by atoms with van der Waals surface area (Å²) in [5.41, 5.74) is 2.18. The van der Waals surface area contributed by atoms with E-state index in [0.29, 0.717) is 25.1 Å². The highest BCUT2D eigenvalue weighted by atomic mass is 16.5. The van der Waals surface area contributed by atoms with Gasteiger partial charge < -0.3 is 14.6 Å². The lowest BCUT2D eigenvalue weighted by Crippen LogP contribution is -2.31. The molecule has 0 saturated heterocycles.